The van der Waals surface area contributed by atoms with Crippen molar-refractivity contribution in [2.45, 2.75) is 38.6 Å². The van der Waals surface area contributed by atoms with Crippen LogP contribution >= 0.6 is 0 Å². The zero-order chi connectivity index (χ0) is 14.4. The molecule has 2 rings (SSSR count). The van der Waals surface area contributed by atoms with Crippen molar-refractivity contribution in [2.75, 3.05) is 43.9 Å². The summed E-state index contributed by atoms with van der Waals surface area (Å²) in [5, 5.41) is 11.4. The van der Waals surface area contributed by atoms with Crippen LogP contribution in [-0.4, -0.2) is 59.9 Å². The molecular formula is C14H26N6. The number of nitrogens with one attached hydrogen (secondary N) is 1. The lowest BCUT2D eigenvalue weighted by atomic mass is 10.0. The van der Waals surface area contributed by atoms with E-state index in [-0.39, 0.29) is 0 Å². The Hall–Kier alpha value is -1.43. The Labute approximate surface area is 121 Å². The molecule has 0 amide bonds. The molecule has 0 bridgehead atoms. The van der Waals surface area contributed by atoms with Crippen LogP contribution in [0.1, 0.15) is 32.6 Å². The average molecular weight is 278 g/mol. The molecular weight excluding hydrogens is 252 g/mol. The summed E-state index contributed by atoms with van der Waals surface area (Å²) in [7, 11) is 4.10. The molecule has 1 saturated heterocycles. The van der Waals surface area contributed by atoms with Crippen molar-refractivity contribution in [3.05, 3.63) is 6.20 Å². The number of hydrogen-bond donors (Lipinski definition) is 1. The predicted octanol–water partition coefficient (Wildman–Crippen LogP) is 1.61. The number of rotatable bonds is 6. The van der Waals surface area contributed by atoms with Gasteiger partial charge < -0.3 is 15.1 Å². The SMILES string of the molecule is CCC1CCCCN1c1cnnc(NCCN(C)C)n1. The number of anilines is 2. The standard InChI is InChI=1S/C14H26N6/c1-4-12-7-5-6-9-20(12)13-11-16-18-14(17-13)15-8-10-19(2)3/h11-12H,4-10H2,1-3H3,(H,15,17,18). The van der Waals surface area contributed by atoms with Crippen LogP contribution in [0, 0.1) is 0 Å². The van der Waals surface area contributed by atoms with E-state index in [4.69, 9.17) is 0 Å². The highest BCUT2D eigenvalue weighted by atomic mass is 15.3. The second kappa shape index (κ2) is 7.38. The topological polar surface area (TPSA) is 57.2 Å². The van der Waals surface area contributed by atoms with Gasteiger partial charge in [0, 0.05) is 25.7 Å². The van der Waals surface area contributed by atoms with E-state index < -0.39 is 0 Å². The summed E-state index contributed by atoms with van der Waals surface area (Å²) in [6, 6.07) is 0.593. The van der Waals surface area contributed by atoms with E-state index in [0.717, 1.165) is 31.9 Å². The Morgan fingerprint density at radius 3 is 3.00 bits per heavy atom. The molecule has 1 N–H and O–H groups in total. The number of hydrogen-bond acceptors (Lipinski definition) is 6. The Bertz CT molecular complexity index is 408. The molecule has 1 fully saturated rings. The van der Waals surface area contributed by atoms with Gasteiger partial charge in [0.05, 0.1) is 6.20 Å². The van der Waals surface area contributed by atoms with E-state index in [1.807, 2.05) is 0 Å². The van der Waals surface area contributed by atoms with Crippen molar-refractivity contribution >= 4 is 11.8 Å². The molecule has 1 atom stereocenters. The lowest BCUT2D eigenvalue weighted by Gasteiger charge is -2.35. The van der Waals surface area contributed by atoms with Crippen LogP contribution < -0.4 is 10.2 Å². The zero-order valence-corrected chi connectivity index (χ0v) is 12.8. The summed E-state index contributed by atoms with van der Waals surface area (Å²) >= 11 is 0. The first kappa shape index (κ1) is 15.0. The maximum absolute atomic E-state index is 4.61. The van der Waals surface area contributed by atoms with Crippen molar-refractivity contribution < 1.29 is 0 Å². The molecule has 0 aliphatic carbocycles. The Morgan fingerprint density at radius 2 is 2.25 bits per heavy atom. The maximum Gasteiger partial charge on any atom is 0.244 e. The molecule has 0 spiro atoms. The van der Waals surface area contributed by atoms with Crippen LogP contribution in [0.3, 0.4) is 0 Å². The third kappa shape index (κ3) is 4.03. The molecule has 1 aliphatic rings. The van der Waals surface area contributed by atoms with Crippen LogP contribution in [0.25, 0.3) is 0 Å². The second-order valence-electron chi connectivity index (χ2n) is 5.62. The molecule has 1 aliphatic heterocycles. The highest BCUT2D eigenvalue weighted by molar-refractivity contribution is 5.41. The molecule has 1 aromatic heterocycles. The van der Waals surface area contributed by atoms with Gasteiger partial charge in [-0.1, -0.05) is 6.92 Å². The Balaban J connectivity index is 2.00. The van der Waals surface area contributed by atoms with Crippen LogP contribution in [0.15, 0.2) is 6.20 Å². The first-order valence-corrected chi connectivity index (χ1v) is 7.55. The molecule has 2 heterocycles. The fourth-order valence-electron chi connectivity index (χ4n) is 2.63. The van der Waals surface area contributed by atoms with E-state index in [1.54, 1.807) is 6.20 Å². The highest BCUT2D eigenvalue weighted by Crippen LogP contribution is 2.24. The zero-order valence-electron chi connectivity index (χ0n) is 12.8. The van der Waals surface area contributed by atoms with Crippen LogP contribution in [-0.2, 0) is 0 Å². The maximum atomic E-state index is 4.61. The van der Waals surface area contributed by atoms with Gasteiger partial charge in [-0.25, -0.2) is 0 Å². The summed E-state index contributed by atoms with van der Waals surface area (Å²) in [4.78, 5) is 9.13. The summed E-state index contributed by atoms with van der Waals surface area (Å²) < 4.78 is 0. The van der Waals surface area contributed by atoms with Crippen molar-refractivity contribution in [1.29, 1.82) is 0 Å². The lowest BCUT2D eigenvalue weighted by molar-refractivity contribution is 0.424. The Morgan fingerprint density at radius 1 is 1.40 bits per heavy atom. The number of piperidine rings is 1. The van der Waals surface area contributed by atoms with E-state index in [9.17, 15) is 0 Å². The van der Waals surface area contributed by atoms with Crippen LogP contribution in [0.4, 0.5) is 11.8 Å². The van der Waals surface area contributed by atoms with Crippen LogP contribution in [0.5, 0.6) is 0 Å². The minimum absolute atomic E-state index is 0.593. The van der Waals surface area contributed by atoms with Gasteiger partial charge >= 0.3 is 0 Å². The first-order valence-electron chi connectivity index (χ1n) is 7.55. The fraction of sp³-hybridized carbons (Fsp3) is 0.786. The third-order valence-corrected chi connectivity index (χ3v) is 3.78. The molecule has 0 saturated carbocycles. The van der Waals surface area contributed by atoms with E-state index in [1.165, 1.54) is 19.3 Å². The lowest BCUT2D eigenvalue weighted by Crippen LogP contribution is -2.39. The second-order valence-corrected chi connectivity index (χ2v) is 5.62. The number of nitrogens with zero attached hydrogens (tertiary/aromatic N) is 5. The van der Waals surface area contributed by atoms with Crippen molar-refractivity contribution in [2.24, 2.45) is 0 Å². The minimum atomic E-state index is 0.593. The normalized spacial score (nSPS) is 19.4. The quantitative estimate of drug-likeness (QED) is 0.853. The third-order valence-electron chi connectivity index (χ3n) is 3.78. The van der Waals surface area contributed by atoms with Gasteiger partial charge in [0.1, 0.15) is 0 Å². The van der Waals surface area contributed by atoms with Crippen molar-refractivity contribution in [3.63, 3.8) is 0 Å². The molecule has 6 heteroatoms. The van der Waals surface area contributed by atoms with Crippen molar-refractivity contribution in [3.8, 4) is 0 Å². The molecule has 20 heavy (non-hydrogen) atoms. The molecule has 6 nitrogen and oxygen atoms in total. The summed E-state index contributed by atoms with van der Waals surface area (Å²) in [6.45, 7) is 5.10. The van der Waals surface area contributed by atoms with Gasteiger partial charge in [0.2, 0.25) is 5.95 Å². The van der Waals surface area contributed by atoms with E-state index in [2.05, 4.69) is 51.3 Å². The van der Waals surface area contributed by atoms with E-state index >= 15 is 0 Å². The Kier molecular flexibility index (Phi) is 5.52. The van der Waals surface area contributed by atoms with Crippen molar-refractivity contribution in [1.82, 2.24) is 20.1 Å². The van der Waals surface area contributed by atoms with Gasteiger partial charge in [0.15, 0.2) is 5.82 Å². The molecule has 1 aromatic rings. The summed E-state index contributed by atoms with van der Waals surface area (Å²) in [5.41, 5.74) is 0. The van der Waals surface area contributed by atoms with Gasteiger partial charge in [-0.15, -0.1) is 5.10 Å². The van der Waals surface area contributed by atoms with Gasteiger partial charge in [-0.05, 0) is 39.8 Å². The number of aromatic nitrogens is 3. The van der Waals surface area contributed by atoms with Gasteiger partial charge in [0.25, 0.3) is 0 Å². The first-order chi connectivity index (χ1) is 9.70. The van der Waals surface area contributed by atoms with E-state index in [0.29, 0.717) is 12.0 Å². The summed E-state index contributed by atoms with van der Waals surface area (Å²) in [6.07, 6.45) is 6.76. The predicted molar refractivity (Wildman–Crippen MR) is 82.1 cm³/mol. The average Bonchev–Trinajstić information content (AvgIpc) is 2.47. The largest absolute Gasteiger partial charge is 0.352 e. The number of likely N-dealkylation sites (N-methyl/N-ethyl adjacent to an activating group) is 1. The monoisotopic (exact) mass is 278 g/mol. The fourth-order valence-corrected chi connectivity index (χ4v) is 2.63. The smallest absolute Gasteiger partial charge is 0.244 e. The molecule has 0 aromatic carbocycles. The molecule has 0 radical (unpaired) electrons. The molecule has 112 valence electrons. The highest BCUT2D eigenvalue weighted by Gasteiger charge is 2.22. The van der Waals surface area contributed by atoms with Crippen LogP contribution in [0.2, 0.25) is 0 Å². The van der Waals surface area contributed by atoms with Gasteiger partial charge in [-0.3, -0.25) is 0 Å². The molecule has 1 unspecified atom stereocenters. The van der Waals surface area contributed by atoms with Gasteiger partial charge in [-0.2, -0.15) is 10.1 Å². The summed E-state index contributed by atoms with van der Waals surface area (Å²) in [5.74, 6) is 1.59. The minimum Gasteiger partial charge on any atom is -0.352 e.